The standard InChI is InChI=1S/C13H21ClN2O.2ClH/c1-16(8-4-7-15)9-10-17-13-6-3-2-5-12(13)11-14;;/h2-3,5-6H,4,7-11,15H2,1H3;2*1H. The summed E-state index contributed by atoms with van der Waals surface area (Å²) in [5, 5.41) is 0. The SMILES string of the molecule is CN(CCCN)CCOc1ccccc1CCl.Cl.Cl. The molecule has 2 N–H and O–H groups in total. The summed E-state index contributed by atoms with van der Waals surface area (Å²) >= 11 is 5.84. The molecule has 0 heterocycles. The van der Waals surface area contributed by atoms with Crippen LogP contribution in [-0.4, -0.2) is 38.2 Å². The molecule has 0 aliphatic carbocycles. The molecule has 0 bridgehead atoms. The molecule has 0 aromatic heterocycles. The Bertz CT molecular complexity index is 327. The zero-order valence-electron chi connectivity index (χ0n) is 11.2. The Labute approximate surface area is 133 Å². The Kier molecular flexibility index (Phi) is 14.3. The molecule has 19 heavy (non-hydrogen) atoms. The quantitative estimate of drug-likeness (QED) is 0.745. The smallest absolute Gasteiger partial charge is 0.123 e. The topological polar surface area (TPSA) is 38.5 Å². The minimum atomic E-state index is 0. The molecule has 0 atom stereocenters. The van der Waals surface area contributed by atoms with Crippen LogP contribution in [0.15, 0.2) is 24.3 Å². The lowest BCUT2D eigenvalue weighted by Crippen LogP contribution is -2.26. The van der Waals surface area contributed by atoms with Gasteiger partial charge >= 0.3 is 0 Å². The molecule has 0 fully saturated rings. The summed E-state index contributed by atoms with van der Waals surface area (Å²) in [7, 11) is 2.08. The number of halogens is 3. The second kappa shape index (κ2) is 12.8. The summed E-state index contributed by atoms with van der Waals surface area (Å²) in [4.78, 5) is 2.22. The Balaban J connectivity index is 0. The minimum Gasteiger partial charge on any atom is -0.492 e. The third kappa shape index (κ3) is 8.56. The summed E-state index contributed by atoms with van der Waals surface area (Å²) in [5.41, 5.74) is 6.50. The summed E-state index contributed by atoms with van der Waals surface area (Å²) in [5.74, 6) is 1.37. The number of ether oxygens (including phenoxy) is 1. The molecule has 6 heteroatoms. The van der Waals surface area contributed by atoms with Gasteiger partial charge in [-0.2, -0.15) is 0 Å². The first kappa shape index (κ1) is 21.1. The zero-order chi connectivity index (χ0) is 12.5. The van der Waals surface area contributed by atoms with Crippen molar-refractivity contribution in [2.45, 2.75) is 12.3 Å². The fourth-order valence-corrected chi connectivity index (χ4v) is 1.76. The van der Waals surface area contributed by atoms with E-state index in [1.54, 1.807) is 0 Å². The third-order valence-corrected chi connectivity index (χ3v) is 2.88. The molecule has 112 valence electrons. The molecule has 1 aromatic rings. The predicted molar refractivity (Wildman–Crippen MR) is 87.2 cm³/mol. The van der Waals surface area contributed by atoms with Crippen molar-refractivity contribution < 1.29 is 4.74 Å². The largest absolute Gasteiger partial charge is 0.492 e. The van der Waals surface area contributed by atoms with E-state index in [2.05, 4.69) is 11.9 Å². The summed E-state index contributed by atoms with van der Waals surface area (Å²) in [6, 6.07) is 7.87. The molecular weight excluding hydrogens is 307 g/mol. The highest BCUT2D eigenvalue weighted by Crippen LogP contribution is 2.19. The molecule has 0 saturated heterocycles. The molecule has 0 amide bonds. The van der Waals surface area contributed by atoms with Crippen LogP contribution in [-0.2, 0) is 5.88 Å². The highest BCUT2D eigenvalue weighted by Gasteiger charge is 2.02. The molecule has 0 aliphatic heterocycles. The summed E-state index contributed by atoms with van der Waals surface area (Å²) in [6.07, 6.45) is 1.02. The highest BCUT2D eigenvalue weighted by molar-refractivity contribution is 6.17. The van der Waals surface area contributed by atoms with E-state index >= 15 is 0 Å². The second-order valence-corrected chi connectivity index (χ2v) is 4.30. The van der Waals surface area contributed by atoms with E-state index in [1.165, 1.54) is 0 Å². The van der Waals surface area contributed by atoms with Crippen LogP contribution in [0.2, 0.25) is 0 Å². The zero-order valence-corrected chi connectivity index (χ0v) is 13.6. The van der Waals surface area contributed by atoms with E-state index in [0.29, 0.717) is 12.5 Å². The number of likely N-dealkylation sites (N-methyl/N-ethyl adjacent to an activating group) is 1. The van der Waals surface area contributed by atoms with Gasteiger partial charge in [0.2, 0.25) is 0 Å². The number of hydrogen-bond acceptors (Lipinski definition) is 3. The van der Waals surface area contributed by atoms with Crippen LogP contribution in [0, 0.1) is 0 Å². The van der Waals surface area contributed by atoms with Gasteiger partial charge in [-0.25, -0.2) is 0 Å². The van der Waals surface area contributed by atoms with Gasteiger partial charge < -0.3 is 15.4 Å². The fourth-order valence-electron chi connectivity index (χ4n) is 1.54. The van der Waals surface area contributed by atoms with Gasteiger partial charge in [-0.1, -0.05) is 18.2 Å². The number of nitrogens with two attached hydrogens (primary N) is 1. The number of rotatable bonds is 8. The Hall–Kier alpha value is -0.190. The van der Waals surface area contributed by atoms with E-state index in [0.717, 1.165) is 37.4 Å². The molecule has 3 nitrogen and oxygen atoms in total. The first-order chi connectivity index (χ1) is 8.27. The lowest BCUT2D eigenvalue weighted by Gasteiger charge is -2.17. The van der Waals surface area contributed by atoms with Crippen molar-refractivity contribution in [3.8, 4) is 5.75 Å². The van der Waals surface area contributed by atoms with Crippen LogP contribution >= 0.6 is 36.4 Å². The van der Waals surface area contributed by atoms with E-state index in [9.17, 15) is 0 Å². The van der Waals surface area contributed by atoms with Gasteiger partial charge in [0, 0.05) is 12.1 Å². The number of para-hydroxylation sites is 1. The monoisotopic (exact) mass is 328 g/mol. The van der Waals surface area contributed by atoms with E-state index in [-0.39, 0.29) is 24.8 Å². The third-order valence-electron chi connectivity index (χ3n) is 2.59. The van der Waals surface area contributed by atoms with Crippen molar-refractivity contribution in [2.75, 3.05) is 33.3 Å². The van der Waals surface area contributed by atoms with Crippen molar-refractivity contribution in [1.29, 1.82) is 0 Å². The Morgan fingerprint density at radius 1 is 1.21 bits per heavy atom. The molecule has 0 radical (unpaired) electrons. The Morgan fingerprint density at radius 3 is 2.53 bits per heavy atom. The van der Waals surface area contributed by atoms with Gasteiger partial charge in [0.25, 0.3) is 0 Å². The maximum Gasteiger partial charge on any atom is 0.123 e. The number of benzene rings is 1. The fraction of sp³-hybridized carbons (Fsp3) is 0.538. The van der Waals surface area contributed by atoms with Gasteiger partial charge in [-0.05, 0) is 32.6 Å². The predicted octanol–water partition coefficient (Wildman–Crippen LogP) is 2.93. The average Bonchev–Trinajstić information content (AvgIpc) is 2.37. The lowest BCUT2D eigenvalue weighted by molar-refractivity contribution is 0.235. The van der Waals surface area contributed by atoms with Crippen LogP contribution in [0.1, 0.15) is 12.0 Å². The molecule has 0 aliphatic rings. The van der Waals surface area contributed by atoms with Crippen molar-refractivity contribution >= 4 is 36.4 Å². The van der Waals surface area contributed by atoms with Crippen LogP contribution < -0.4 is 10.5 Å². The maximum atomic E-state index is 5.84. The van der Waals surface area contributed by atoms with Crippen molar-refractivity contribution in [3.63, 3.8) is 0 Å². The lowest BCUT2D eigenvalue weighted by atomic mass is 10.2. The first-order valence-corrected chi connectivity index (χ1v) is 6.46. The van der Waals surface area contributed by atoms with Crippen LogP contribution in [0.5, 0.6) is 5.75 Å². The van der Waals surface area contributed by atoms with Crippen LogP contribution in [0.3, 0.4) is 0 Å². The van der Waals surface area contributed by atoms with E-state index in [1.807, 2.05) is 24.3 Å². The number of alkyl halides is 1. The molecular formula is C13H23Cl3N2O. The van der Waals surface area contributed by atoms with Gasteiger partial charge in [0.05, 0.1) is 5.88 Å². The molecule has 0 unspecified atom stereocenters. The van der Waals surface area contributed by atoms with Gasteiger partial charge in [0.15, 0.2) is 0 Å². The van der Waals surface area contributed by atoms with Gasteiger partial charge in [0.1, 0.15) is 12.4 Å². The first-order valence-electron chi connectivity index (χ1n) is 5.93. The van der Waals surface area contributed by atoms with Gasteiger partial charge in [-0.3, -0.25) is 0 Å². The molecule has 0 spiro atoms. The Morgan fingerprint density at radius 2 is 1.89 bits per heavy atom. The van der Waals surface area contributed by atoms with Crippen molar-refractivity contribution in [3.05, 3.63) is 29.8 Å². The molecule has 1 rings (SSSR count). The minimum absolute atomic E-state index is 0. The second-order valence-electron chi connectivity index (χ2n) is 4.04. The van der Waals surface area contributed by atoms with E-state index in [4.69, 9.17) is 22.1 Å². The number of hydrogen-bond donors (Lipinski definition) is 1. The molecule has 1 aromatic carbocycles. The van der Waals surface area contributed by atoms with E-state index < -0.39 is 0 Å². The summed E-state index contributed by atoms with van der Waals surface area (Å²) in [6.45, 7) is 3.32. The molecule has 0 saturated carbocycles. The average molecular weight is 330 g/mol. The maximum absolute atomic E-state index is 5.84. The van der Waals surface area contributed by atoms with Crippen molar-refractivity contribution in [1.82, 2.24) is 4.90 Å². The highest BCUT2D eigenvalue weighted by atomic mass is 35.5. The normalized spacial score (nSPS) is 9.68. The van der Waals surface area contributed by atoms with Gasteiger partial charge in [-0.15, -0.1) is 36.4 Å². The van der Waals surface area contributed by atoms with Crippen LogP contribution in [0.25, 0.3) is 0 Å². The summed E-state index contributed by atoms with van der Waals surface area (Å²) < 4.78 is 5.72. The van der Waals surface area contributed by atoms with Crippen molar-refractivity contribution in [2.24, 2.45) is 5.73 Å². The van der Waals surface area contributed by atoms with Crippen LogP contribution in [0.4, 0.5) is 0 Å². The number of nitrogens with zero attached hydrogens (tertiary/aromatic N) is 1.